The highest BCUT2D eigenvalue weighted by atomic mass is 16.6. The Kier molecular flexibility index (Phi) is 7.44. The van der Waals surface area contributed by atoms with Gasteiger partial charge >= 0.3 is 11.6 Å². The van der Waals surface area contributed by atoms with Gasteiger partial charge in [0.15, 0.2) is 5.76 Å². The summed E-state index contributed by atoms with van der Waals surface area (Å²) >= 11 is 0. The molecule has 2 aromatic rings. The molecule has 1 N–H and O–H groups in total. The molecular weight excluding hydrogens is 466 g/mol. The number of guanidine groups is 1. The third-order valence-corrected chi connectivity index (χ3v) is 6.29. The predicted octanol–water partition coefficient (Wildman–Crippen LogP) is 3.29. The van der Waals surface area contributed by atoms with E-state index in [2.05, 4.69) is 21.2 Å². The monoisotopic (exact) mass is 492 g/mol. The zero-order valence-electron chi connectivity index (χ0n) is 19.9. The van der Waals surface area contributed by atoms with Crippen molar-refractivity contribution >= 4 is 40.1 Å². The normalized spacial score (nSPS) is 18.4. The minimum atomic E-state index is -0.676. The number of nitrogens with one attached hydrogen (secondary N) is 1. The number of aliphatic imine (C=N–C) groups is 1. The smallest absolute Gasteiger partial charge is 0.454 e. The number of hydrogen-bond donors (Lipinski definition) is 1. The van der Waals surface area contributed by atoms with Crippen LogP contribution in [0, 0.1) is 40.5 Å². The molecule has 1 aromatic heterocycles. The van der Waals surface area contributed by atoms with Crippen LogP contribution >= 0.6 is 0 Å². The molecule has 0 radical (unpaired) electrons. The van der Waals surface area contributed by atoms with Crippen molar-refractivity contribution in [1.29, 1.82) is 5.26 Å². The summed E-state index contributed by atoms with van der Waals surface area (Å²) in [7, 11) is 0. The first-order valence-corrected chi connectivity index (χ1v) is 11.8. The van der Waals surface area contributed by atoms with Crippen LogP contribution in [0.2, 0.25) is 0 Å². The van der Waals surface area contributed by atoms with Crippen molar-refractivity contribution in [2.45, 2.75) is 39.0 Å². The fraction of sp³-hybridized carbons (Fsp3) is 0.458. The number of rotatable bonds is 4. The van der Waals surface area contributed by atoms with Crippen LogP contribution in [0.15, 0.2) is 27.6 Å². The van der Waals surface area contributed by atoms with Gasteiger partial charge in [0.2, 0.25) is 11.8 Å². The molecule has 3 heterocycles. The fourth-order valence-corrected chi connectivity index (χ4v) is 4.50. The largest absolute Gasteiger partial charge is 0.503 e. The molecule has 1 unspecified atom stereocenters. The molecule has 2 aliphatic rings. The van der Waals surface area contributed by atoms with Gasteiger partial charge in [-0.1, -0.05) is 4.99 Å². The lowest BCUT2D eigenvalue weighted by Gasteiger charge is -2.24. The van der Waals surface area contributed by atoms with E-state index in [1.165, 1.54) is 13.0 Å². The van der Waals surface area contributed by atoms with Crippen molar-refractivity contribution in [3.05, 3.63) is 38.9 Å². The summed E-state index contributed by atoms with van der Waals surface area (Å²) in [6, 6.07) is 7.40. The molecule has 0 aliphatic carbocycles. The van der Waals surface area contributed by atoms with Gasteiger partial charge in [-0.15, -0.1) is 0 Å². The average molecular weight is 493 g/mol. The van der Waals surface area contributed by atoms with Crippen LogP contribution in [0.4, 0.5) is 11.4 Å². The Morgan fingerprint density at radius 2 is 2.06 bits per heavy atom. The molecule has 12 nitrogen and oxygen atoms in total. The number of carbonyl (C=O) groups excluding carboxylic acids is 2. The second-order valence-corrected chi connectivity index (χ2v) is 8.75. The Morgan fingerprint density at radius 3 is 2.78 bits per heavy atom. The molecule has 2 amide bonds. The van der Waals surface area contributed by atoms with Gasteiger partial charge in [-0.25, -0.2) is 0 Å². The second-order valence-electron chi connectivity index (χ2n) is 8.75. The van der Waals surface area contributed by atoms with E-state index in [4.69, 9.17) is 9.68 Å². The van der Waals surface area contributed by atoms with Crippen molar-refractivity contribution in [2.24, 2.45) is 10.9 Å². The number of furan rings is 1. The number of amides is 2. The van der Waals surface area contributed by atoms with Gasteiger partial charge in [-0.3, -0.25) is 19.7 Å². The molecule has 0 bridgehead atoms. The van der Waals surface area contributed by atoms with E-state index < -0.39 is 10.8 Å². The maximum absolute atomic E-state index is 13.1. The third-order valence-electron chi connectivity index (χ3n) is 6.29. The average Bonchev–Trinajstić information content (AvgIpc) is 3.45. The zero-order valence-corrected chi connectivity index (χ0v) is 19.9. The summed E-state index contributed by atoms with van der Waals surface area (Å²) in [4.78, 5) is 48.3. The van der Waals surface area contributed by atoms with Crippen molar-refractivity contribution in [3.63, 3.8) is 0 Å². The Hall–Kier alpha value is -4.45. The van der Waals surface area contributed by atoms with Crippen molar-refractivity contribution in [1.82, 2.24) is 15.1 Å². The maximum Gasteiger partial charge on any atom is 0.503 e. The number of hydrogen-bond acceptors (Lipinski definition) is 7. The van der Waals surface area contributed by atoms with E-state index in [-0.39, 0.29) is 41.2 Å². The lowest BCUT2D eigenvalue weighted by atomic mass is 10.0. The number of nitro groups is 1. The van der Waals surface area contributed by atoms with E-state index in [9.17, 15) is 19.7 Å². The molecule has 1 aromatic carbocycles. The topological polar surface area (TPSA) is 149 Å². The minimum Gasteiger partial charge on any atom is -0.454 e. The highest BCUT2D eigenvalue weighted by Gasteiger charge is 2.31. The number of fused-ring (bicyclic) bond motifs is 1. The van der Waals surface area contributed by atoms with Gasteiger partial charge in [0.1, 0.15) is 28.6 Å². The van der Waals surface area contributed by atoms with E-state index in [1.54, 1.807) is 28.1 Å². The summed E-state index contributed by atoms with van der Waals surface area (Å²) in [5.74, 6) is -0.893. The molecule has 186 valence electrons. The first-order valence-electron chi connectivity index (χ1n) is 11.8. The molecule has 4 rings (SSSR count). The van der Waals surface area contributed by atoms with Crippen LogP contribution in [0.25, 0.3) is 15.8 Å². The van der Waals surface area contributed by atoms with Gasteiger partial charge < -0.3 is 14.2 Å². The first kappa shape index (κ1) is 24.7. The van der Waals surface area contributed by atoms with Crippen molar-refractivity contribution in [3.8, 4) is 12.3 Å². The summed E-state index contributed by atoms with van der Waals surface area (Å²) in [6.07, 6.45) is 5.78. The third kappa shape index (κ3) is 5.44. The van der Waals surface area contributed by atoms with Crippen LogP contribution in [0.5, 0.6) is 0 Å². The molecule has 0 spiro atoms. The van der Waals surface area contributed by atoms with Gasteiger partial charge in [0, 0.05) is 26.6 Å². The van der Waals surface area contributed by atoms with Gasteiger partial charge in [-0.2, -0.15) is 15.4 Å². The van der Waals surface area contributed by atoms with Gasteiger partial charge in [0.25, 0.3) is 6.19 Å². The van der Waals surface area contributed by atoms with Gasteiger partial charge in [-0.05, 0) is 50.3 Å². The Bertz CT molecular complexity index is 1320. The number of nitriles is 1. The predicted molar refractivity (Wildman–Crippen MR) is 130 cm³/mol. The fourth-order valence-electron chi connectivity index (χ4n) is 4.50. The summed E-state index contributed by atoms with van der Waals surface area (Å²) in [6.45, 7) is 3.50. The highest BCUT2D eigenvalue weighted by Crippen LogP contribution is 2.34. The summed E-state index contributed by atoms with van der Waals surface area (Å²) in [5.41, 5.74) is 0.495. The Labute approximate surface area is 207 Å². The number of benzene rings is 1. The quantitative estimate of drug-likeness (QED) is 0.172. The van der Waals surface area contributed by atoms with Gasteiger partial charge in [0.05, 0.1) is 11.5 Å². The summed E-state index contributed by atoms with van der Waals surface area (Å²) in [5, 5.41) is 23.2. The number of nitrogens with zero attached hydrogens (tertiary/aromatic N) is 6. The Balaban J connectivity index is 1.55. The molecule has 1 atom stereocenters. The lowest BCUT2D eigenvalue weighted by molar-refractivity contribution is -0.384. The molecule has 2 saturated heterocycles. The zero-order chi connectivity index (χ0) is 25.7. The molecular formula is C24H26N7O5+. The van der Waals surface area contributed by atoms with E-state index in [1.807, 2.05) is 0 Å². The highest BCUT2D eigenvalue weighted by molar-refractivity contribution is 5.96. The number of likely N-dealkylation sites (tertiary alicyclic amines) is 2. The first-order chi connectivity index (χ1) is 17.4. The molecule has 2 aliphatic heterocycles. The van der Waals surface area contributed by atoms with Crippen LogP contribution in [0.1, 0.15) is 37.9 Å². The summed E-state index contributed by atoms with van der Waals surface area (Å²) < 4.78 is 5.43. The molecule has 12 heteroatoms. The SMILES string of the molecule is Cc1oc2ccc(N=C([N+]#CC3CCCCN(CC(=O)N4CCCC4)C3=O)NC#N)cc2c1[N+](=O)[O-]. The number of carbonyl (C=O) groups is 2. The molecule has 36 heavy (non-hydrogen) atoms. The van der Waals surface area contributed by atoms with Crippen LogP contribution < -0.4 is 5.32 Å². The maximum atomic E-state index is 13.1. The Morgan fingerprint density at radius 1 is 1.31 bits per heavy atom. The number of aryl methyl sites for hydroxylation is 1. The lowest BCUT2D eigenvalue weighted by Crippen LogP contribution is -2.43. The van der Waals surface area contributed by atoms with Crippen molar-refractivity contribution in [2.75, 3.05) is 26.2 Å². The van der Waals surface area contributed by atoms with Crippen molar-refractivity contribution < 1.29 is 18.9 Å². The standard InChI is InChI=1S/C24H26N7O5/c1-16-22(31(34)35)19-12-18(7-8-20(19)36-16)28-24(27-15-25)26-13-17-6-2-3-11-30(23(17)33)14-21(32)29-9-4-5-10-29/h7-8,12,17H,2-6,9-11,14H2,1H3,(H,27,28)/q+1. The van der Waals surface area contributed by atoms with E-state index >= 15 is 0 Å². The second kappa shape index (κ2) is 10.9. The van der Waals surface area contributed by atoms with E-state index in [0.29, 0.717) is 24.2 Å². The van der Waals surface area contributed by atoms with Crippen LogP contribution in [-0.4, -0.2) is 58.7 Å². The molecule has 0 saturated carbocycles. The minimum absolute atomic E-state index is 0.0390. The van der Waals surface area contributed by atoms with Crippen LogP contribution in [0.3, 0.4) is 0 Å². The van der Waals surface area contributed by atoms with E-state index in [0.717, 1.165) is 38.8 Å². The molecule has 2 fully saturated rings. The van der Waals surface area contributed by atoms with Crippen LogP contribution in [-0.2, 0) is 9.59 Å².